The van der Waals surface area contributed by atoms with Crippen LogP contribution in [0.5, 0.6) is 5.75 Å². The molecule has 0 radical (unpaired) electrons. The Hall–Kier alpha value is -4.38. The highest BCUT2D eigenvalue weighted by atomic mass is 32.1. The molecule has 45 heavy (non-hydrogen) atoms. The molecule has 8 nitrogen and oxygen atoms in total. The zero-order valence-electron chi connectivity index (χ0n) is 25.1. The number of fused-ring (bicyclic) bond motifs is 2. The summed E-state index contributed by atoms with van der Waals surface area (Å²) in [5, 5.41) is 11.3. The van der Waals surface area contributed by atoms with E-state index in [2.05, 4.69) is 41.5 Å². The molecule has 7 rings (SSSR count). The van der Waals surface area contributed by atoms with E-state index in [1.807, 2.05) is 17.1 Å². The standard InChI is InChI=1S/C35H34FN5O3S/c1-3-31(42)40-12-9-27(21-40)41-20-25(19-38-41)34-32(28-7-6-26(36)17-30(28)44-14-13-43-2)35-29(10-15-45-35)33(39-34)23-4-5-24-18-37-11-8-22(24)16-23/h3-7,10,15-17,19-20,27,37H,1,8-9,11-14,18,21H2,2H3. The number of aromatic nitrogens is 3. The quantitative estimate of drug-likeness (QED) is 0.154. The van der Waals surface area contributed by atoms with Gasteiger partial charge < -0.3 is 19.7 Å². The molecule has 1 amide bonds. The average Bonchev–Trinajstić information content (AvgIpc) is 3.85. The minimum Gasteiger partial charge on any atom is -0.490 e. The Bertz CT molecular complexity index is 1900. The fraction of sp³-hybridized carbons (Fsp3) is 0.286. The molecule has 2 aliphatic heterocycles. The number of carbonyl (C=O) groups excluding carboxylic acids is 1. The van der Waals surface area contributed by atoms with E-state index >= 15 is 0 Å². The largest absolute Gasteiger partial charge is 0.490 e. The molecule has 5 heterocycles. The molecule has 1 saturated heterocycles. The van der Waals surface area contributed by atoms with E-state index in [9.17, 15) is 9.18 Å². The number of methoxy groups -OCH3 is 1. The number of nitrogens with zero attached hydrogens (tertiary/aromatic N) is 4. The summed E-state index contributed by atoms with van der Waals surface area (Å²) in [4.78, 5) is 19.4. The van der Waals surface area contributed by atoms with Crippen molar-refractivity contribution in [3.8, 4) is 39.4 Å². The topological polar surface area (TPSA) is 81.5 Å². The van der Waals surface area contributed by atoms with E-state index in [4.69, 9.17) is 19.6 Å². The maximum Gasteiger partial charge on any atom is 0.246 e. The van der Waals surface area contributed by atoms with Crippen molar-refractivity contribution in [1.82, 2.24) is 25.0 Å². The molecule has 5 aromatic rings. The van der Waals surface area contributed by atoms with Crippen LogP contribution in [0.25, 0.3) is 43.7 Å². The Morgan fingerprint density at radius 2 is 2.07 bits per heavy atom. The Balaban J connectivity index is 1.40. The van der Waals surface area contributed by atoms with Crippen molar-refractivity contribution in [2.24, 2.45) is 0 Å². The lowest BCUT2D eigenvalue weighted by Gasteiger charge is -2.19. The first-order chi connectivity index (χ1) is 22.0. The second kappa shape index (κ2) is 12.5. The van der Waals surface area contributed by atoms with Gasteiger partial charge in [-0.1, -0.05) is 18.7 Å². The molecule has 2 aromatic carbocycles. The Labute approximate surface area is 265 Å². The monoisotopic (exact) mass is 623 g/mol. The highest BCUT2D eigenvalue weighted by Gasteiger charge is 2.28. The number of halogens is 1. The average molecular weight is 624 g/mol. The van der Waals surface area contributed by atoms with Crippen LogP contribution in [0.3, 0.4) is 0 Å². The third kappa shape index (κ3) is 5.65. The number of pyridine rings is 1. The summed E-state index contributed by atoms with van der Waals surface area (Å²) in [5.41, 5.74) is 7.80. The summed E-state index contributed by atoms with van der Waals surface area (Å²) in [7, 11) is 1.61. The van der Waals surface area contributed by atoms with Gasteiger partial charge in [-0.3, -0.25) is 9.48 Å². The molecule has 230 valence electrons. The number of hydrogen-bond acceptors (Lipinski definition) is 7. The zero-order chi connectivity index (χ0) is 30.9. The fourth-order valence-electron chi connectivity index (χ4n) is 6.33. The van der Waals surface area contributed by atoms with Gasteiger partial charge in [0.2, 0.25) is 5.91 Å². The number of nitrogens with one attached hydrogen (secondary N) is 1. The van der Waals surface area contributed by atoms with Gasteiger partial charge in [-0.2, -0.15) is 5.10 Å². The van der Waals surface area contributed by atoms with Crippen LogP contribution in [0.4, 0.5) is 4.39 Å². The Kier molecular flexibility index (Phi) is 8.18. The smallest absolute Gasteiger partial charge is 0.246 e. The van der Waals surface area contributed by atoms with Crippen LogP contribution in [0.2, 0.25) is 0 Å². The van der Waals surface area contributed by atoms with Crippen molar-refractivity contribution in [3.63, 3.8) is 0 Å². The van der Waals surface area contributed by atoms with Gasteiger partial charge >= 0.3 is 0 Å². The first kappa shape index (κ1) is 29.3. The first-order valence-electron chi connectivity index (χ1n) is 15.2. The van der Waals surface area contributed by atoms with E-state index in [-0.39, 0.29) is 24.4 Å². The number of rotatable bonds is 9. The molecule has 1 fully saturated rings. The molecule has 10 heteroatoms. The molecule has 1 atom stereocenters. The van der Waals surface area contributed by atoms with Crippen molar-refractivity contribution in [1.29, 1.82) is 0 Å². The number of benzene rings is 2. The molecular formula is C35H34FN5O3S. The van der Waals surface area contributed by atoms with Crippen LogP contribution in [0.15, 0.2) is 72.9 Å². The Morgan fingerprint density at radius 3 is 2.93 bits per heavy atom. The van der Waals surface area contributed by atoms with Crippen LogP contribution in [0.1, 0.15) is 23.6 Å². The van der Waals surface area contributed by atoms with Gasteiger partial charge in [-0.15, -0.1) is 11.3 Å². The van der Waals surface area contributed by atoms with Crippen LogP contribution < -0.4 is 10.1 Å². The summed E-state index contributed by atoms with van der Waals surface area (Å²) < 4.78 is 28.8. The van der Waals surface area contributed by atoms with Gasteiger partial charge in [0.05, 0.1) is 30.2 Å². The fourth-order valence-corrected chi connectivity index (χ4v) is 7.29. The number of thiophene rings is 1. The first-order valence-corrected chi connectivity index (χ1v) is 16.0. The van der Waals surface area contributed by atoms with E-state index in [0.29, 0.717) is 25.4 Å². The van der Waals surface area contributed by atoms with Crippen LogP contribution in [-0.4, -0.2) is 65.5 Å². The van der Waals surface area contributed by atoms with Gasteiger partial charge in [0, 0.05) is 71.3 Å². The zero-order valence-corrected chi connectivity index (χ0v) is 25.9. The lowest BCUT2D eigenvalue weighted by Crippen LogP contribution is -2.27. The third-order valence-electron chi connectivity index (χ3n) is 8.63. The second-order valence-corrected chi connectivity index (χ2v) is 12.3. The van der Waals surface area contributed by atoms with Crippen LogP contribution >= 0.6 is 11.3 Å². The molecule has 1 N–H and O–H groups in total. The van der Waals surface area contributed by atoms with Crippen LogP contribution in [-0.2, 0) is 22.5 Å². The third-order valence-corrected chi connectivity index (χ3v) is 9.56. The normalized spacial score (nSPS) is 16.2. The minimum absolute atomic E-state index is 0.0454. The number of hydrogen-bond donors (Lipinski definition) is 1. The lowest BCUT2D eigenvalue weighted by molar-refractivity contribution is -0.125. The van der Waals surface area contributed by atoms with E-state index in [1.165, 1.54) is 29.3 Å². The van der Waals surface area contributed by atoms with E-state index in [1.54, 1.807) is 29.4 Å². The lowest BCUT2D eigenvalue weighted by atomic mass is 9.93. The molecule has 1 unspecified atom stereocenters. The summed E-state index contributed by atoms with van der Waals surface area (Å²) in [6, 6.07) is 13.4. The van der Waals surface area contributed by atoms with Gasteiger partial charge in [0.15, 0.2) is 0 Å². The van der Waals surface area contributed by atoms with Gasteiger partial charge in [-0.05, 0) is 66.2 Å². The van der Waals surface area contributed by atoms with Gasteiger partial charge in [-0.25, -0.2) is 9.37 Å². The molecule has 3 aromatic heterocycles. The predicted molar refractivity (Wildman–Crippen MR) is 175 cm³/mol. The van der Waals surface area contributed by atoms with Crippen LogP contribution in [0, 0.1) is 5.82 Å². The minimum atomic E-state index is -0.379. The molecule has 0 bridgehead atoms. The van der Waals surface area contributed by atoms with Gasteiger partial charge in [0.1, 0.15) is 18.2 Å². The molecule has 0 aliphatic carbocycles. The molecular weight excluding hydrogens is 589 g/mol. The number of ether oxygens (including phenoxy) is 2. The van der Waals surface area contributed by atoms with Crippen molar-refractivity contribution >= 4 is 27.3 Å². The molecule has 0 saturated carbocycles. The molecule has 2 aliphatic rings. The summed E-state index contributed by atoms with van der Waals surface area (Å²) in [6.45, 7) is 7.34. The van der Waals surface area contributed by atoms with Crippen molar-refractivity contribution in [3.05, 3.63) is 89.8 Å². The molecule has 0 spiro atoms. The maximum atomic E-state index is 14.6. The van der Waals surface area contributed by atoms with Crippen molar-refractivity contribution in [2.45, 2.75) is 25.4 Å². The second-order valence-electron chi connectivity index (χ2n) is 11.4. The Morgan fingerprint density at radius 1 is 1.16 bits per heavy atom. The van der Waals surface area contributed by atoms with Gasteiger partial charge in [0.25, 0.3) is 0 Å². The maximum absolute atomic E-state index is 14.6. The van der Waals surface area contributed by atoms with E-state index < -0.39 is 0 Å². The predicted octanol–water partition coefficient (Wildman–Crippen LogP) is 6.26. The van der Waals surface area contributed by atoms with E-state index in [0.717, 1.165) is 69.7 Å². The summed E-state index contributed by atoms with van der Waals surface area (Å²) in [5.74, 6) is -0.0173. The number of carbonyl (C=O) groups is 1. The summed E-state index contributed by atoms with van der Waals surface area (Å²) in [6.07, 6.45) is 6.97. The highest BCUT2D eigenvalue weighted by molar-refractivity contribution is 7.18. The SMILES string of the molecule is C=CC(=O)N1CCC(n2cc(-c3nc(-c4ccc5c(c4)CCNC5)c4ccsc4c3-c3ccc(F)cc3OCCOC)cn2)C1. The van der Waals surface area contributed by atoms with Crippen molar-refractivity contribution in [2.75, 3.05) is 40.0 Å². The number of likely N-dealkylation sites (tertiary alicyclic amines) is 1. The van der Waals surface area contributed by atoms with Crippen molar-refractivity contribution < 1.29 is 18.7 Å². The summed E-state index contributed by atoms with van der Waals surface area (Å²) >= 11 is 1.63. The highest BCUT2D eigenvalue weighted by Crippen LogP contribution is 2.46. The number of amides is 1.